The summed E-state index contributed by atoms with van der Waals surface area (Å²) in [7, 11) is 1.62. The van der Waals surface area contributed by atoms with Crippen molar-refractivity contribution in [1.82, 2.24) is 19.4 Å². The first-order valence-corrected chi connectivity index (χ1v) is 14.5. The number of fused-ring (bicyclic) bond motifs is 3. The average molecular weight is 561 g/mol. The summed E-state index contributed by atoms with van der Waals surface area (Å²) in [6, 6.07) is 9.84. The number of pyridine rings is 1. The molecule has 0 spiro atoms. The number of methoxy groups -OCH3 is 1. The molecule has 5 heterocycles. The molecular formula is C31H40N6O4. The Bertz CT molecular complexity index is 1510. The van der Waals surface area contributed by atoms with Gasteiger partial charge in [-0.2, -0.15) is 0 Å². The number of nitrogens with zero attached hydrogens (tertiary/aromatic N) is 4. The van der Waals surface area contributed by atoms with Crippen LogP contribution in [0.15, 0.2) is 36.5 Å². The van der Waals surface area contributed by atoms with Crippen molar-refractivity contribution in [3.63, 3.8) is 0 Å². The van der Waals surface area contributed by atoms with Gasteiger partial charge in [0.25, 0.3) is 5.91 Å². The van der Waals surface area contributed by atoms with Gasteiger partial charge in [-0.3, -0.25) is 4.79 Å². The monoisotopic (exact) mass is 560 g/mol. The number of hydrogen-bond donors (Lipinski definition) is 2. The van der Waals surface area contributed by atoms with E-state index in [9.17, 15) is 9.59 Å². The molecule has 41 heavy (non-hydrogen) atoms. The number of likely N-dealkylation sites (tertiary alicyclic amines) is 2. The predicted octanol–water partition coefficient (Wildman–Crippen LogP) is 5.25. The first kappa shape index (κ1) is 27.2. The summed E-state index contributed by atoms with van der Waals surface area (Å²) in [6.45, 7) is 12.4. The second-order valence-corrected chi connectivity index (χ2v) is 12.5. The molecule has 2 aromatic heterocycles. The van der Waals surface area contributed by atoms with Crippen LogP contribution in [0.25, 0.3) is 11.0 Å². The van der Waals surface area contributed by atoms with Crippen molar-refractivity contribution < 1.29 is 19.1 Å². The fourth-order valence-electron chi connectivity index (χ4n) is 6.68. The Kier molecular flexibility index (Phi) is 6.54. The number of piperidine rings is 1. The fourth-order valence-corrected chi connectivity index (χ4v) is 6.68. The number of hydrogen-bond acceptors (Lipinski definition) is 7. The molecule has 2 N–H and O–H groups in total. The summed E-state index contributed by atoms with van der Waals surface area (Å²) in [5.74, 6) is 0.917. The zero-order valence-electron chi connectivity index (χ0n) is 24.8. The highest BCUT2D eigenvalue weighted by Gasteiger charge is 2.44. The van der Waals surface area contributed by atoms with Crippen LogP contribution in [0.4, 0.5) is 16.2 Å². The van der Waals surface area contributed by atoms with Gasteiger partial charge in [-0.25, -0.2) is 9.78 Å². The lowest BCUT2D eigenvalue weighted by molar-refractivity contribution is 0.0122. The lowest BCUT2D eigenvalue weighted by atomic mass is 9.92. The number of carbonyl (C=O) groups excluding carboxylic acids is 2. The Labute approximate surface area is 241 Å². The SMILES string of the molecule is CCn1c(C2(C)Nc3cc(C(=O)N4CC[C@H]5CCN(C(=O)OC(C)(C)C)[C@H]5C4)cc(OC)c3N2)cc2cccnc21. The Balaban J connectivity index is 1.26. The molecule has 3 aliphatic heterocycles. The lowest BCUT2D eigenvalue weighted by Crippen LogP contribution is -2.52. The predicted molar refractivity (Wildman–Crippen MR) is 158 cm³/mol. The second kappa shape index (κ2) is 9.85. The summed E-state index contributed by atoms with van der Waals surface area (Å²) in [5, 5.41) is 8.34. The molecule has 2 fully saturated rings. The molecule has 0 saturated carbocycles. The van der Waals surface area contributed by atoms with E-state index in [2.05, 4.69) is 46.2 Å². The molecule has 3 aliphatic rings. The van der Waals surface area contributed by atoms with Crippen molar-refractivity contribution in [2.24, 2.45) is 5.92 Å². The van der Waals surface area contributed by atoms with Crippen molar-refractivity contribution in [3.05, 3.63) is 47.8 Å². The van der Waals surface area contributed by atoms with Crippen molar-refractivity contribution >= 4 is 34.4 Å². The van der Waals surface area contributed by atoms with Crippen LogP contribution in [-0.4, -0.2) is 69.7 Å². The van der Waals surface area contributed by atoms with Crippen LogP contribution < -0.4 is 15.4 Å². The lowest BCUT2D eigenvalue weighted by Gasteiger charge is -2.38. The molecule has 3 atom stereocenters. The molecule has 6 rings (SSSR count). The maximum Gasteiger partial charge on any atom is 0.410 e. The molecule has 1 unspecified atom stereocenters. The summed E-state index contributed by atoms with van der Waals surface area (Å²) in [6.07, 6.45) is 3.32. The van der Waals surface area contributed by atoms with E-state index in [0.717, 1.165) is 47.5 Å². The number of benzene rings is 1. The molecule has 2 saturated heterocycles. The molecule has 0 aliphatic carbocycles. The van der Waals surface area contributed by atoms with E-state index in [1.165, 1.54) is 0 Å². The van der Waals surface area contributed by atoms with E-state index >= 15 is 0 Å². The summed E-state index contributed by atoms with van der Waals surface area (Å²) in [4.78, 5) is 35.1. The van der Waals surface area contributed by atoms with Gasteiger partial charge in [-0.15, -0.1) is 0 Å². The van der Waals surface area contributed by atoms with E-state index in [1.54, 1.807) is 7.11 Å². The minimum atomic E-state index is -0.635. The van der Waals surface area contributed by atoms with Crippen LogP contribution in [-0.2, 0) is 16.9 Å². The number of carbonyl (C=O) groups is 2. The molecule has 0 radical (unpaired) electrons. The van der Waals surface area contributed by atoms with Crippen molar-refractivity contribution in [2.75, 3.05) is 37.4 Å². The first-order chi connectivity index (χ1) is 19.5. The van der Waals surface area contributed by atoms with Gasteiger partial charge in [0.2, 0.25) is 0 Å². The Morgan fingerprint density at radius 3 is 2.66 bits per heavy atom. The highest BCUT2D eigenvalue weighted by Crippen LogP contribution is 2.46. The van der Waals surface area contributed by atoms with Gasteiger partial charge in [-0.05, 0) is 83.7 Å². The Morgan fingerprint density at radius 2 is 1.93 bits per heavy atom. The van der Waals surface area contributed by atoms with Gasteiger partial charge in [0.15, 0.2) is 0 Å². The van der Waals surface area contributed by atoms with Gasteiger partial charge >= 0.3 is 6.09 Å². The molecular weight excluding hydrogens is 520 g/mol. The zero-order valence-corrected chi connectivity index (χ0v) is 24.8. The van der Waals surface area contributed by atoms with E-state index in [0.29, 0.717) is 36.9 Å². The first-order valence-electron chi connectivity index (χ1n) is 14.5. The smallest absolute Gasteiger partial charge is 0.410 e. The average Bonchev–Trinajstić information content (AvgIpc) is 3.63. The number of rotatable bonds is 4. The highest BCUT2D eigenvalue weighted by atomic mass is 16.6. The van der Waals surface area contributed by atoms with Crippen molar-refractivity contribution in [2.45, 2.75) is 71.3 Å². The third-order valence-corrected chi connectivity index (χ3v) is 8.59. The fraction of sp³-hybridized carbons (Fsp3) is 0.516. The van der Waals surface area contributed by atoms with Gasteiger partial charge < -0.3 is 34.5 Å². The maximum atomic E-state index is 13.9. The van der Waals surface area contributed by atoms with Gasteiger partial charge in [0.1, 0.15) is 28.3 Å². The number of aryl methyl sites for hydroxylation is 1. The maximum absolute atomic E-state index is 13.9. The van der Waals surface area contributed by atoms with Gasteiger partial charge in [0, 0.05) is 43.3 Å². The topological polar surface area (TPSA) is 101 Å². The zero-order chi connectivity index (χ0) is 29.1. The number of amides is 2. The molecule has 2 amide bonds. The third-order valence-electron chi connectivity index (χ3n) is 8.59. The summed E-state index contributed by atoms with van der Waals surface area (Å²) >= 11 is 0. The van der Waals surface area contributed by atoms with E-state index in [4.69, 9.17) is 9.47 Å². The largest absolute Gasteiger partial charge is 0.494 e. The van der Waals surface area contributed by atoms with E-state index in [-0.39, 0.29) is 18.0 Å². The molecule has 10 heteroatoms. The molecule has 3 aromatic rings. The minimum Gasteiger partial charge on any atom is -0.494 e. The number of nitrogens with one attached hydrogen (secondary N) is 2. The number of aromatic nitrogens is 2. The van der Waals surface area contributed by atoms with Crippen LogP contribution in [0.3, 0.4) is 0 Å². The Morgan fingerprint density at radius 1 is 1.15 bits per heavy atom. The third kappa shape index (κ3) is 4.73. The molecule has 218 valence electrons. The number of anilines is 2. The molecule has 1 aromatic carbocycles. The van der Waals surface area contributed by atoms with Crippen LogP contribution in [0.2, 0.25) is 0 Å². The summed E-state index contributed by atoms with van der Waals surface area (Å²) in [5.41, 5.74) is 2.97. The normalized spacial score (nSPS) is 23.6. The number of ether oxygens (including phenoxy) is 2. The highest BCUT2D eigenvalue weighted by molar-refractivity contribution is 5.99. The van der Waals surface area contributed by atoms with E-state index in [1.807, 2.05) is 55.0 Å². The van der Waals surface area contributed by atoms with E-state index < -0.39 is 11.3 Å². The van der Waals surface area contributed by atoms with Gasteiger partial charge in [0.05, 0.1) is 24.5 Å². The van der Waals surface area contributed by atoms with Crippen LogP contribution in [0.5, 0.6) is 5.75 Å². The van der Waals surface area contributed by atoms with Crippen molar-refractivity contribution in [3.8, 4) is 5.75 Å². The van der Waals surface area contributed by atoms with Gasteiger partial charge in [-0.1, -0.05) is 0 Å². The van der Waals surface area contributed by atoms with Crippen LogP contribution in [0, 0.1) is 5.92 Å². The molecule has 10 nitrogen and oxygen atoms in total. The minimum absolute atomic E-state index is 0.0356. The molecule has 0 bridgehead atoms. The van der Waals surface area contributed by atoms with Crippen LogP contribution in [0.1, 0.15) is 63.5 Å². The van der Waals surface area contributed by atoms with Crippen molar-refractivity contribution in [1.29, 1.82) is 0 Å². The second-order valence-electron chi connectivity index (χ2n) is 12.5. The summed E-state index contributed by atoms with van der Waals surface area (Å²) < 4.78 is 13.6. The van der Waals surface area contributed by atoms with Crippen LogP contribution >= 0.6 is 0 Å². The standard InChI is InChI=1S/C31H40N6O4/c1-7-36-25(17-20-9-8-12-32-27(20)36)31(5)33-22-15-21(16-24(40-6)26(22)34-31)28(38)35-13-10-19-11-14-37(23(19)18-35)29(39)41-30(2,3)4/h8-9,12,15-17,19,23,33-34H,7,10-11,13-14,18H2,1-6H3/t19-,23-,31?/m0/s1. The quantitative estimate of drug-likeness (QED) is 0.450. The Hall–Kier alpha value is -3.95.